The SMILES string of the molecule is CCNC(=NCC1CCN(Cc2csc(C)n2)CC1)N1CCN(c2ccccn2)CC1.I. The second-order valence-corrected chi connectivity index (χ2v) is 9.50. The second-order valence-electron chi connectivity index (χ2n) is 8.43. The van der Waals surface area contributed by atoms with E-state index >= 15 is 0 Å². The molecular weight excluding hydrogens is 533 g/mol. The van der Waals surface area contributed by atoms with Gasteiger partial charge in [0.1, 0.15) is 5.82 Å². The number of likely N-dealkylation sites (tertiary alicyclic amines) is 1. The highest BCUT2D eigenvalue weighted by molar-refractivity contribution is 14.0. The van der Waals surface area contributed by atoms with Crippen molar-refractivity contribution in [1.29, 1.82) is 0 Å². The van der Waals surface area contributed by atoms with Crippen molar-refractivity contribution in [2.75, 3.05) is 57.3 Å². The van der Waals surface area contributed by atoms with Gasteiger partial charge in [0.2, 0.25) is 0 Å². The molecule has 0 aliphatic carbocycles. The molecule has 0 atom stereocenters. The number of piperazine rings is 1. The van der Waals surface area contributed by atoms with Crippen molar-refractivity contribution >= 4 is 47.1 Å². The van der Waals surface area contributed by atoms with Crippen LogP contribution in [-0.2, 0) is 6.54 Å². The third-order valence-corrected chi connectivity index (χ3v) is 6.97. The van der Waals surface area contributed by atoms with Gasteiger partial charge in [0.05, 0.1) is 10.7 Å². The van der Waals surface area contributed by atoms with E-state index in [0.717, 1.165) is 75.7 Å². The predicted octanol–water partition coefficient (Wildman–Crippen LogP) is 3.46. The maximum Gasteiger partial charge on any atom is 0.194 e. The van der Waals surface area contributed by atoms with Gasteiger partial charge < -0.3 is 15.1 Å². The van der Waals surface area contributed by atoms with Gasteiger partial charge in [0.15, 0.2) is 5.96 Å². The maximum absolute atomic E-state index is 5.04. The van der Waals surface area contributed by atoms with Crippen LogP contribution in [-0.4, -0.2) is 78.1 Å². The molecule has 0 spiro atoms. The summed E-state index contributed by atoms with van der Waals surface area (Å²) in [4.78, 5) is 21.5. The van der Waals surface area contributed by atoms with E-state index < -0.39 is 0 Å². The Hall–Kier alpha value is -1.46. The lowest BCUT2D eigenvalue weighted by molar-refractivity contribution is 0.179. The zero-order chi connectivity index (χ0) is 21.5. The highest BCUT2D eigenvalue weighted by Gasteiger charge is 2.22. The van der Waals surface area contributed by atoms with E-state index in [-0.39, 0.29) is 24.0 Å². The average molecular weight is 570 g/mol. The smallest absolute Gasteiger partial charge is 0.194 e. The molecule has 2 aliphatic rings. The second kappa shape index (κ2) is 12.7. The number of aryl methyl sites for hydroxylation is 1. The zero-order valence-corrected chi connectivity index (χ0v) is 22.4. The summed E-state index contributed by atoms with van der Waals surface area (Å²) in [6, 6.07) is 6.13. The molecule has 4 heterocycles. The van der Waals surface area contributed by atoms with Crippen molar-refractivity contribution in [2.45, 2.75) is 33.2 Å². The van der Waals surface area contributed by atoms with Gasteiger partial charge in [0.25, 0.3) is 0 Å². The number of halogens is 1. The van der Waals surface area contributed by atoms with Gasteiger partial charge in [-0.2, -0.15) is 0 Å². The molecule has 0 amide bonds. The summed E-state index contributed by atoms with van der Waals surface area (Å²) in [7, 11) is 0. The Morgan fingerprint density at radius 2 is 1.94 bits per heavy atom. The minimum atomic E-state index is 0. The summed E-state index contributed by atoms with van der Waals surface area (Å²) in [5.41, 5.74) is 1.22. The van der Waals surface area contributed by atoms with Crippen molar-refractivity contribution < 1.29 is 0 Å². The Morgan fingerprint density at radius 1 is 1.16 bits per heavy atom. The molecule has 0 saturated carbocycles. The fourth-order valence-corrected chi connectivity index (χ4v) is 4.97. The van der Waals surface area contributed by atoms with E-state index in [1.165, 1.54) is 18.5 Å². The molecule has 0 bridgehead atoms. The van der Waals surface area contributed by atoms with Gasteiger partial charge in [-0.25, -0.2) is 9.97 Å². The third kappa shape index (κ3) is 7.02. The lowest BCUT2D eigenvalue weighted by Gasteiger charge is -2.37. The van der Waals surface area contributed by atoms with Crippen molar-refractivity contribution in [3.63, 3.8) is 0 Å². The summed E-state index contributed by atoms with van der Waals surface area (Å²) >= 11 is 1.75. The molecule has 2 aromatic heterocycles. The van der Waals surface area contributed by atoms with Gasteiger partial charge in [-0.05, 0) is 57.8 Å². The Kier molecular flexibility index (Phi) is 9.98. The summed E-state index contributed by atoms with van der Waals surface area (Å²) in [6.07, 6.45) is 4.31. The van der Waals surface area contributed by atoms with Crippen LogP contribution in [0.25, 0.3) is 0 Å². The molecule has 9 heteroatoms. The van der Waals surface area contributed by atoms with Crippen molar-refractivity contribution in [3.05, 3.63) is 40.5 Å². The normalized spacial score (nSPS) is 18.5. The van der Waals surface area contributed by atoms with Gasteiger partial charge in [-0.15, -0.1) is 35.3 Å². The molecule has 176 valence electrons. The van der Waals surface area contributed by atoms with Gasteiger partial charge in [-0.1, -0.05) is 6.07 Å². The summed E-state index contributed by atoms with van der Waals surface area (Å²) in [6.45, 7) is 13.3. The number of pyridine rings is 1. The minimum Gasteiger partial charge on any atom is -0.357 e. The van der Waals surface area contributed by atoms with E-state index in [1.807, 2.05) is 12.3 Å². The van der Waals surface area contributed by atoms with Crippen LogP contribution in [0.5, 0.6) is 0 Å². The monoisotopic (exact) mass is 569 g/mol. The molecule has 7 nitrogen and oxygen atoms in total. The minimum absolute atomic E-state index is 0. The molecule has 4 rings (SSSR count). The highest BCUT2D eigenvalue weighted by atomic mass is 127. The van der Waals surface area contributed by atoms with Crippen LogP contribution in [0, 0.1) is 12.8 Å². The first kappa shape index (κ1) is 25.2. The highest BCUT2D eigenvalue weighted by Crippen LogP contribution is 2.20. The fraction of sp³-hybridized carbons (Fsp3) is 0.609. The van der Waals surface area contributed by atoms with Gasteiger partial charge in [0, 0.05) is 57.4 Å². The topological polar surface area (TPSA) is 59.9 Å². The Balaban J connectivity index is 0.00000289. The number of guanidine groups is 1. The molecule has 0 aromatic carbocycles. The lowest BCUT2D eigenvalue weighted by atomic mass is 9.97. The number of rotatable bonds is 6. The third-order valence-electron chi connectivity index (χ3n) is 6.15. The Bertz CT molecular complexity index is 828. The molecule has 2 aromatic rings. The Morgan fingerprint density at radius 3 is 2.56 bits per heavy atom. The zero-order valence-electron chi connectivity index (χ0n) is 19.2. The summed E-state index contributed by atoms with van der Waals surface area (Å²) < 4.78 is 0. The first-order valence-electron chi connectivity index (χ1n) is 11.5. The molecule has 1 N–H and O–H groups in total. The number of thiazole rings is 1. The number of aliphatic imine (C=N–C) groups is 1. The van der Waals surface area contributed by atoms with Crippen LogP contribution in [0.4, 0.5) is 5.82 Å². The lowest BCUT2D eigenvalue weighted by Crippen LogP contribution is -2.53. The van der Waals surface area contributed by atoms with Crippen LogP contribution < -0.4 is 10.2 Å². The number of anilines is 1. The van der Waals surface area contributed by atoms with Crippen LogP contribution in [0.3, 0.4) is 0 Å². The number of nitrogens with zero attached hydrogens (tertiary/aromatic N) is 6. The van der Waals surface area contributed by atoms with E-state index in [1.54, 1.807) is 11.3 Å². The van der Waals surface area contributed by atoms with E-state index in [4.69, 9.17) is 4.99 Å². The quantitative estimate of drug-likeness (QED) is 0.327. The number of piperidine rings is 1. The Labute approximate surface area is 213 Å². The number of aromatic nitrogens is 2. The largest absolute Gasteiger partial charge is 0.357 e. The van der Waals surface area contributed by atoms with E-state index in [2.05, 4.69) is 61.3 Å². The molecule has 2 saturated heterocycles. The molecule has 0 radical (unpaired) electrons. The fourth-order valence-electron chi connectivity index (χ4n) is 4.37. The first-order chi connectivity index (χ1) is 15.2. The predicted molar refractivity (Wildman–Crippen MR) is 144 cm³/mol. The van der Waals surface area contributed by atoms with Crippen LogP contribution in [0.2, 0.25) is 0 Å². The first-order valence-corrected chi connectivity index (χ1v) is 12.4. The molecule has 2 aliphatic heterocycles. The number of hydrogen-bond acceptors (Lipinski definition) is 6. The number of nitrogens with one attached hydrogen (secondary N) is 1. The van der Waals surface area contributed by atoms with Gasteiger partial charge >= 0.3 is 0 Å². The van der Waals surface area contributed by atoms with E-state index in [0.29, 0.717) is 5.92 Å². The maximum atomic E-state index is 5.04. The average Bonchev–Trinajstić information content (AvgIpc) is 3.23. The molecule has 2 fully saturated rings. The molecule has 0 unspecified atom stereocenters. The van der Waals surface area contributed by atoms with Crippen LogP contribution in [0.1, 0.15) is 30.5 Å². The summed E-state index contributed by atoms with van der Waals surface area (Å²) in [5, 5.41) is 6.87. The summed E-state index contributed by atoms with van der Waals surface area (Å²) in [5.74, 6) is 2.82. The molecular formula is C23H36IN7S. The van der Waals surface area contributed by atoms with E-state index in [9.17, 15) is 0 Å². The van der Waals surface area contributed by atoms with Gasteiger partial charge in [-0.3, -0.25) is 9.89 Å². The van der Waals surface area contributed by atoms with Crippen molar-refractivity contribution in [2.24, 2.45) is 10.9 Å². The molecule has 32 heavy (non-hydrogen) atoms. The number of hydrogen-bond donors (Lipinski definition) is 1. The van der Waals surface area contributed by atoms with Crippen molar-refractivity contribution in [1.82, 2.24) is 25.1 Å². The standard InChI is InChI=1S/C23H35N7S.HI/c1-3-24-23(30-14-12-29(13-15-30)22-6-4-5-9-25-22)26-16-20-7-10-28(11-8-20)17-21-18-31-19(2)27-21;/h4-6,9,18,20H,3,7-8,10-17H2,1-2H3,(H,24,26);1H. The van der Waals surface area contributed by atoms with Crippen LogP contribution in [0.15, 0.2) is 34.8 Å². The van der Waals surface area contributed by atoms with Crippen LogP contribution >= 0.6 is 35.3 Å². The van der Waals surface area contributed by atoms with Crippen molar-refractivity contribution in [3.8, 4) is 0 Å².